The first-order valence-corrected chi connectivity index (χ1v) is 13.4. The third kappa shape index (κ3) is 5.50. The van der Waals surface area contributed by atoms with Gasteiger partial charge in [0.1, 0.15) is 18.1 Å². The molecule has 3 aliphatic heterocycles. The van der Waals surface area contributed by atoms with Gasteiger partial charge in [0.25, 0.3) is 0 Å². The molecule has 3 heterocycles. The number of nitrogens with one attached hydrogen (secondary N) is 1. The van der Waals surface area contributed by atoms with Crippen LogP contribution >= 0.6 is 11.8 Å². The molecule has 1 N–H and O–H groups in total. The van der Waals surface area contributed by atoms with Crippen LogP contribution in [0.1, 0.15) is 30.5 Å². The molecular formula is C29H29N3O7S. The number of benzene rings is 2. The lowest BCUT2D eigenvalue weighted by atomic mass is 9.93. The minimum atomic E-state index is -0.628. The van der Waals surface area contributed by atoms with Crippen LogP contribution in [0.2, 0.25) is 0 Å². The monoisotopic (exact) mass is 563 g/mol. The van der Waals surface area contributed by atoms with Gasteiger partial charge in [-0.05, 0) is 47.7 Å². The number of fused-ring (bicyclic) bond motifs is 2. The standard InChI is InChI=1S/C29H29N3O7S/c1-5-8-37-28(34)26-17(2)31-29-32(27(26)19-10-21(35-3)13-22(11-19)36-4)20(15-40-29)12-25(33)30-14-18-6-7-23-24(9-18)39-16-38-23/h5-7,9-11,13,15,27H,1,8,12,14,16H2,2-4H3,(H,30,33)/t27-/m1/s1. The van der Waals surface area contributed by atoms with Crippen LogP contribution in [0.5, 0.6) is 23.0 Å². The topological polar surface area (TPSA) is 108 Å². The molecule has 10 nitrogen and oxygen atoms in total. The number of esters is 1. The number of carbonyl (C=O) groups is 2. The van der Waals surface area contributed by atoms with E-state index >= 15 is 0 Å². The van der Waals surface area contributed by atoms with Crippen LogP contribution in [0, 0.1) is 0 Å². The van der Waals surface area contributed by atoms with Gasteiger partial charge in [0.2, 0.25) is 12.7 Å². The summed E-state index contributed by atoms with van der Waals surface area (Å²) in [6, 6.07) is 10.4. The molecule has 11 heteroatoms. The molecule has 0 aliphatic carbocycles. The number of rotatable bonds is 10. The Kier molecular flexibility index (Phi) is 8.01. The molecule has 0 aromatic heterocycles. The Bertz CT molecular complexity index is 1430. The van der Waals surface area contributed by atoms with Crippen LogP contribution in [0.15, 0.2) is 76.4 Å². The fourth-order valence-electron chi connectivity index (χ4n) is 4.62. The van der Waals surface area contributed by atoms with Crippen molar-refractivity contribution in [3.63, 3.8) is 0 Å². The lowest BCUT2D eigenvalue weighted by Crippen LogP contribution is -2.38. The molecule has 5 rings (SSSR count). The number of ether oxygens (including phenoxy) is 5. The van der Waals surface area contributed by atoms with Gasteiger partial charge in [-0.1, -0.05) is 30.5 Å². The Labute approximate surface area is 236 Å². The Morgan fingerprint density at radius 3 is 2.62 bits per heavy atom. The summed E-state index contributed by atoms with van der Waals surface area (Å²) in [7, 11) is 3.13. The van der Waals surface area contributed by atoms with Crippen LogP contribution < -0.4 is 24.3 Å². The van der Waals surface area contributed by atoms with Crippen molar-refractivity contribution in [3.05, 3.63) is 82.6 Å². The smallest absolute Gasteiger partial charge is 0.338 e. The average Bonchev–Trinajstić information content (AvgIpc) is 3.60. The number of amides is 1. The highest BCUT2D eigenvalue weighted by atomic mass is 32.2. The normalized spacial score (nSPS) is 17.1. The number of aliphatic imine (C=N–C) groups is 1. The molecule has 0 unspecified atom stereocenters. The Balaban J connectivity index is 1.42. The lowest BCUT2D eigenvalue weighted by Gasteiger charge is -2.36. The van der Waals surface area contributed by atoms with Gasteiger partial charge in [0.05, 0.1) is 38.0 Å². The van der Waals surface area contributed by atoms with E-state index in [1.54, 1.807) is 27.2 Å². The summed E-state index contributed by atoms with van der Waals surface area (Å²) in [6.07, 6.45) is 1.58. The van der Waals surface area contributed by atoms with Crippen LogP contribution in [0.4, 0.5) is 0 Å². The quantitative estimate of drug-likeness (QED) is 0.332. The highest BCUT2D eigenvalue weighted by Crippen LogP contribution is 2.46. The number of hydrogen-bond acceptors (Lipinski definition) is 10. The van der Waals surface area contributed by atoms with Gasteiger partial charge in [-0.2, -0.15) is 0 Å². The van der Waals surface area contributed by atoms with Crippen molar-refractivity contribution >= 4 is 28.8 Å². The fourth-order valence-corrected chi connectivity index (χ4v) is 5.59. The van der Waals surface area contributed by atoms with E-state index in [9.17, 15) is 9.59 Å². The van der Waals surface area contributed by atoms with Gasteiger partial charge in [-0.15, -0.1) is 0 Å². The van der Waals surface area contributed by atoms with Gasteiger partial charge in [-0.3, -0.25) is 4.79 Å². The van der Waals surface area contributed by atoms with Crippen LogP contribution in [0.3, 0.4) is 0 Å². The van der Waals surface area contributed by atoms with Crippen molar-refractivity contribution in [2.45, 2.75) is 25.9 Å². The first kappa shape index (κ1) is 27.2. The number of carbonyl (C=O) groups excluding carboxylic acids is 2. The molecule has 0 saturated heterocycles. The van der Waals surface area contributed by atoms with E-state index in [4.69, 9.17) is 23.7 Å². The van der Waals surface area contributed by atoms with E-state index in [1.807, 2.05) is 40.6 Å². The maximum atomic E-state index is 13.3. The largest absolute Gasteiger partial charge is 0.497 e. The van der Waals surface area contributed by atoms with E-state index in [0.29, 0.717) is 51.7 Å². The van der Waals surface area contributed by atoms with Crippen molar-refractivity contribution in [1.82, 2.24) is 10.2 Å². The second-order valence-electron chi connectivity index (χ2n) is 9.07. The van der Waals surface area contributed by atoms with Crippen molar-refractivity contribution in [2.75, 3.05) is 27.6 Å². The van der Waals surface area contributed by atoms with E-state index < -0.39 is 12.0 Å². The zero-order valence-corrected chi connectivity index (χ0v) is 23.2. The van der Waals surface area contributed by atoms with E-state index in [2.05, 4.69) is 16.9 Å². The summed E-state index contributed by atoms with van der Waals surface area (Å²) < 4.78 is 27.2. The third-order valence-electron chi connectivity index (χ3n) is 6.51. The highest BCUT2D eigenvalue weighted by Gasteiger charge is 2.41. The van der Waals surface area contributed by atoms with Crippen LogP contribution in [-0.4, -0.2) is 49.6 Å². The van der Waals surface area contributed by atoms with Crippen LogP contribution in [-0.2, 0) is 20.9 Å². The van der Waals surface area contributed by atoms with Crippen molar-refractivity contribution in [3.8, 4) is 23.0 Å². The summed E-state index contributed by atoms with van der Waals surface area (Å²) in [4.78, 5) is 33.0. The minimum Gasteiger partial charge on any atom is -0.497 e. The SMILES string of the molecule is C=CCOC(=O)C1=C(C)N=C2SC=C(CC(=O)NCc3ccc4c(c3)OCO4)N2[C@@H]1c1cc(OC)cc(OC)c1. The summed E-state index contributed by atoms with van der Waals surface area (Å²) in [6.45, 7) is 5.98. The number of amidine groups is 1. The second kappa shape index (κ2) is 11.8. The molecule has 0 saturated carbocycles. The number of allylic oxidation sites excluding steroid dienone is 1. The summed E-state index contributed by atoms with van der Waals surface area (Å²) in [5, 5.41) is 5.51. The molecule has 3 aliphatic rings. The average molecular weight is 564 g/mol. The van der Waals surface area contributed by atoms with Gasteiger partial charge in [0, 0.05) is 18.3 Å². The number of nitrogens with zero attached hydrogens (tertiary/aromatic N) is 2. The van der Waals surface area contributed by atoms with Gasteiger partial charge >= 0.3 is 5.97 Å². The molecule has 208 valence electrons. The van der Waals surface area contributed by atoms with E-state index in [0.717, 1.165) is 11.1 Å². The minimum absolute atomic E-state index is 0.0556. The third-order valence-corrected chi connectivity index (χ3v) is 7.40. The maximum absolute atomic E-state index is 13.3. The molecular weight excluding hydrogens is 534 g/mol. The summed E-state index contributed by atoms with van der Waals surface area (Å²) in [5.41, 5.74) is 3.19. The van der Waals surface area contributed by atoms with Crippen molar-refractivity contribution in [2.24, 2.45) is 4.99 Å². The van der Waals surface area contributed by atoms with Crippen LogP contribution in [0.25, 0.3) is 0 Å². The molecule has 2 aromatic rings. The van der Waals surface area contributed by atoms with Gasteiger partial charge in [-0.25, -0.2) is 9.79 Å². The van der Waals surface area contributed by atoms with Crippen molar-refractivity contribution in [1.29, 1.82) is 0 Å². The lowest BCUT2D eigenvalue weighted by molar-refractivity contribution is -0.138. The van der Waals surface area contributed by atoms with E-state index in [1.165, 1.54) is 17.8 Å². The Morgan fingerprint density at radius 1 is 1.15 bits per heavy atom. The Morgan fingerprint density at radius 2 is 1.90 bits per heavy atom. The van der Waals surface area contributed by atoms with Gasteiger partial charge in [0.15, 0.2) is 16.7 Å². The van der Waals surface area contributed by atoms with E-state index in [-0.39, 0.29) is 25.7 Å². The van der Waals surface area contributed by atoms with Crippen molar-refractivity contribution < 1.29 is 33.3 Å². The first-order chi connectivity index (χ1) is 19.4. The molecule has 0 spiro atoms. The highest BCUT2D eigenvalue weighted by molar-refractivity contribution is 8.16. The summed E-state index contributed by atoms with van der Waals surface area (Å²) >= 11 is 1.40. The Hall–Kier alpha value is -4.38. The zero-order chi connectivity index (χ0) is 28.2. The maximum Gasteiger partial charge on any atom is 0.338 e. The molecule has 0 bridgehead atoms. The second-order valence-corrected chi connectivity index (χ2v) is 9.90. The predicted octanol–water partition coefficient (Wildman–Crippen LogP) is 4.44. The van der Waals surface area contributed by atoms with Gasteiger partial charge < -0.3 is 33.9 Å². The molecule has 1 amide bonds. The number of methoxy groups -OCH3 is 2. The first-order valence-electron chi connectivity index (χ1n) is 12.5. The molecule has 1 atom stereocenters. The molecule has 2 aromatic carbocycles. The summed E-state index contributed by atoms with van der Waals surface area (Å²) in [5.74, 6) is 1.77. The zero-order valence-electron chi connectivity index (χ0n) is 22.4. The predicted molar refractivity (Wildman–Crippen MR) is 150 cm³/mol. The molecule has 40 heavy (non-hydrogen) atoms. The fraction of sp³-hybridized carbons (Fsp3) is 0.276. The molecule has 0 fully saturated rings. The number of thioether (sulfide) groups is 1. The number of hydrogen-bond donors (Lipinski definition) is 1. The molecule has 0 radical (unpaired) electrons.